The minimum Gasteiger partial charge on any atom is -0.343 e. The monoisotopic (exact) mass is 367 g/mol. The number of rotatable bonds is 4. The van der Waals surface area contributed by atoms with Gasteiger partial charge < -0.3 is 20.4 Å². The quantitative estimate of drug-likeness (QED) is 0.748. The van der Waals surface area contributed by atoms with Crippen LogP contribution >= 0.6 is 11.3 Å². The summed E-state index contributed by atoms with van der Waals surface area (Å²) >= 11 is 1.36. The summed E-state index contributed by atoms with van der Waals surface area (Å²) in [6.07, 6.45) is 4.45. The molecule has 138 valence electrons. The van der Waals surface area contributed by atoms with E-state index in [0.29, 0.717) is 37.9 Å². The number of nitrogens with zero attached hydrogens (tertiary/aromatic N) is 4. The van der Waals surface area contributed by atoms with Gasteiger partial charge in [0, 0.05) is 38.8 Å². The van der Waals surface area contributed by atoms with E-state index in [9.17, 15) is 9.59 Å². The molecule has 10 heteroatoms. The molecule has 1 aromatic rings. The molecule has 0 unspecified atom stereocenters. The fourth-order valence-electron chi connectivity index (χ4n) is 3.15. The Balaban J connectivity index is 1.47. The van der Waals surface area contributed by atoms with E-state index in [1.54, 1.807) is 4.90 Å². The van der Waals surface area contributed by atoms with Crippen molar-refractivity contribution in [1.29, 1.82) is 0 Å². The van der Waals surface area contributed by atoms with Crippen LogP contribution in [0, 0.1) is 0 Å². The molecule has 1 saturated carbocycles. The predicted octanol–water partition coefficient (Wildman–Crippen LogP) is 1.45. The second-order valence-corrected chi connectivity index (χ2v) is 7.24. The van der Waals surface area contributed by atoms with Crippen molar-refractivity contribution >= 4 is 33.7 Å². The largest absolute Gasteiger partial charge is 0.343 e. The molecule has 1 aliphatic heterocycles. The van der Waals surface area contributed by atoms with E-state index >= 15 is 0 Å². The van der Waals surface area contributed by atoms with E-state index in [0.717, 1.165) is 18.0 Å². The molecule has 0 atom stereocenters. The van der Waals surface area contributed by atoms with Gasteiger partial charge in [-0.05, 0) is 19.8 Å². The predicted molar refractivity (Wildman–Crippen MR) is 97.2 cm³/mol. The van der Waals surface area contributed by atoms with Crippen LogP contribution in [0.4, 0.5) is 19.9 Å². The Morgan fingerprint density at radius 1 is 1.16 bits per heavy atom. The van der Waals surface area contributed by atoms with E-state index in [2.05, 4.69) is 31.0 Å². The van der Waals surface area contributed by atoms with Crippen molar-refractivity contribution in [2.24, 2.45) is 0 Å². The molecule has 3 N–H and O–H groups in total. The van der Waals surface area contributed by atoms with Gasteiger partial charge >= 0.3 is 12.1 Å². The summed E-state index contributed by atoms with van der Waals surface area (Å²) in [6, 6.07) is 0.0377. The lowest BCUT2D eigenvalue weighted by molar-refractivity contribution is 0.195. The lowest BCUT2D eigenvalue weighted by atomic mass is 10.3. The summed E-state index contributed by atoms with van der Waals surface area (Å²) in [5, 5.41) is 18.0. The minimum atomic E-state index is -0.212. The van der Waals surface area contributed by atoms with Gasteiger partial charge in [0.05, 0.1) is 0 Å². The van der Waals surface area contributed by atoms with Crippen LogP contribution in [0.25, 0.3) is 0 Å². The van der Waals surface area contributed by atoms with Crippen molar-refractivity contribution in [3.05, 3.63) is 0 Å². The summed E-state index contributed by atoms with van der Waals surface area (Å²) < 4.78 is 0. The molecule has 2 heterocycles. The third kappa shape index (κ3) is 4.71. The van der Waals surface area contributed by atoms with Crippen molar-refractivity contribution < 1.29 is 9.59 Å². The van der Waals surface area contributed by atoms with Crippen LogP contribution in [-0.4, -0.2) is 65.9 Å². The van der Waals surface area contributed by atoms with Gasteiger partial charge in [-0.3, -0.25) is 5.32 Å². The molecule has 0 spiro atoms. The fourth-order valence-corrected chi connectivity index (χ4v) is 3.94. The molecule has 1 aromatic heterocycles. The highest BCUT2D eigenvalue weighted by atomic mass is 32.1. The molecule has 2 aliphatic rings. The number of hydrogen-bond donors (Lipinski definition) is 3. The summed E-state index contributed by atoms with van der Waals surface area (Å²) in [4.78, 5) is 27.7. The van der Waals surface area contributed by atoms with Gasteiger partial charge in [-0.15, -0.1) is 10.2 Å². The highest BCUT2D eigenvalue weighted by molar-refractivity contribution is 7.19. The summed E-state index contributed by atoms with van der Waals surface area (Å²) in [5.74, 6) is 0. The van der Waals surface area contributed by atoms with E-state index in [-0.39, 0.29) is 18.1 Å². The van der Waals surface area contributed by atoms with Crippen LogP contribution in [0.1, 0.15) is 32.6 Å². The normalized spacial score (nSPS) is 18.3. The Labute approximate surface area is 151 Å². The number of urea groups is 2. The molecular weight excluding hydrogens is 342 g/mol. The van der Waals surface area contributed by atoms with E-state index < -0.39 is 0 Å². The topological polar surface area (TPSA) is 102 Å². The number of anilines is 2. The molecule has 1 aliphatic carbocycles. The number of piperazine rings is 1. The molecule has 3 rings (SSSR count). The SMILES string of the molecule is CCNC(=O)N1CCN(c2nnc(NC(=O)NC3CCCC3)s2)CC1. The second kappa shape index (κ2) is 8.32. The summed E-state index contributed by atoms with van der Waals surface area (Å²) in [6.45, 7) is 5.26. The first-order valence-corrected chi connectivity index (χ1v) is 9.66. The van der Waals surface area contributed by atoms with Crippen LogP contribution in [0.3, 0.4) is 0 Å². The van der Waals surface area contributed by atoms with Crippen molar-refractivity contribution in [1.82, 2.24) is 25.7 Å². The number of carbonyl (C=O) groups is 2. The zero-order chi connectivity index (χ0) is 17.6. The first kappa shape index (κ1) is 17.7. The highest BCUT2D eigenvalue weighted by Crippen LogP contribution is 2.25. The minimum absolute atomic E-state index is 0.0228. The smallest absolute Gasteiger partial charge is 0.321 e. The molecule has 0 radical (unpaired) electrons. The third-order valence-corrected chi connectivity index (χ3v) is 5.39. The lowest BCUT2D eigenvalue weighted by Crippen LogP contribution is -2.51. The van der Waals surface area contributed by atoms with E-state index in [4.69, 9.17) is 0 Å². The van der Waals surface area contributed by atoms with E-state index in [1.807, 2.05) is 6.92 Å². The molecule has 1 saturated heterocycles. The Bertz CT molecular complexity index is 594. The standard InChI is InChI=1S/C15H25N7O2S/c1-2-16-14(24)21-7-9-22(10-8-21)15-20-19-13(25-15)18-12(23)17-11-5-3-4-6-11/h11H,2-10H2,1H3,(H,16,24)(H2,17,18,19,23). The van der Waals surface area contributed by atoms with Crippen LogP contribution < -0.4 is 20.9 Å². The maximum atomic E-state index is 12.0. The van der Waals surface area contributed by atoms with Gasteiger partial charge in [0.25, 0.3) is 0 Å². The second-order valence-electron chi connectivity index (χ2n) is 6.28. The maximum absolute atomic E-state index is 12.0. The van der Waals surface area contributed by atoms with Gasteiger partial charge in [-0.25, -0.2) is 9.59 Å². The third-order valence-electron chi connectivity index (χ3n) is 4.49. The van der Waals surface area contributed by atoms with Crippen molar-refractivity contribution in [2.45, 2.75) is 38.6 Å². The molecule has 25 heavy (non-hydrogen) atoms. The fraction of sp³-hybridized carbons (Fsp3) is 0.733. The Hall–Kier alpha value is -2.10. The first-order valence-electron chi connectivity index (χ1n) is 8.84. The molecule has 2 fully saturated rings. The van der Waals surface area contributed by atoms with Gasteiger partial charge in [0.15, 0.2) is 0 Å². The molecular formula is C15H25N7O2S. The summed E-state index contributed by atoms with van der Waals surface area (Å²) in [7, 11) is 0. The van der Waals surface area contributed by atoms with Crippen molar-refractivity contribution in [3.63, 3.8) is 0 Å². The number of carbonyl (C=O) groups excluding carboxylic acids is 2. The van der Waals surface area contributed by atoms with Gasteiger partial charge in [-0.1, -0.05) is 24.2 Å². The number of hydrogen-bond acceptors (Lipinski definition) is 6. The number of aromatic nitrogens is 2. The molecule has 0 bridgehead atoms. The maximum Gasteiger partial charge on any atom is 0.321 e. The molecule has 9 nitrogen and oxygen atoms in total. The first-order chi connectivity index (χ1) is 12.2. The zero-order valence-corrected chi connectivity index (χ0v) is 15.3. The summed E-state index contributed by atoms with van der Waals surface area (Å²) in [5.41, 5.74) is 0. The van der Waals surface area contributed by atoms with E-state index in [1.165, 1.54) is 24.2 Å². The van der Waals surface area contributed by atoms with Crippen LogP contribution in [0.15, 0.2) is 0 Å². The Kier molecular flexibility index (Phi) is 5.90. The number of nitrogens with one attached hydrogen (secondary N) is 3. The average molecular weight is 367 g/mol. The Morgan fingerprint density at radius 2 is 1.88 bits per heavy atom. The number of amides is 4. The van der Waals surface area contributed by atoms with Gasteiger partial charge in [0.2, 0.25) is 10.3 Å². The molecule has 4 amide bonds. The van der Waals surface area contributed by atoms with Gasteiger partial charge in [-0.2, -0.15) is 0 Å². The van der Waals surface area contributed by atoms with Crippen molar-refractivity contribution in [2.75, 3.05) is 42.9 Å². The van der Waals surface area contributed by atoms with Crippen molar-refractivity contribution in [3.8, 4) is 0 Å². The molecule has 0 aromatic carbocycles. The Morgan fingerprint density at radius 3 is 2.56 bits per heavy atom. The average Bonchev–Trinajstić information content (AvgIpc) is 3.27. The van der Waals surface area contributed by atoms with Crippen LogP contribution in [0.2, 0.25) is 0 Å². The zero-order valence-electron chi connectivity index (χ0n) is 14.5. The van der Waals surface area contributed by atoms with Crippen LogP contribution in [0.5, 0.6) is 0 Å². The van der Waals surface area contributed by atoms with Gasteiger partial charge in [0.1, 0.15) is 0 Å². The highest BCUT2D eigenvalue weighted by Gasteiger charge is 2.23. The lowest BCUT2D eigenvalue weighted by Gasteiger charge is -2.34. The van der Waals surface area contributed by atoms with Crippen LogP contribution in [-0.2, 0) is 0 Å².